The Bertz CT molecular complexity index is 409. The van der Waals surface area contributed by atoms with Gasteiger partial charge >= 0.3 is 0 Å². The molecule has 1 fully saturated rings. The fraction of sp³-hybridized carbons (Fsp3) is 0.800. The Kier molecular flexibility index (Phi) is 4.72. The van der Waals surface area contributed by atoms with E-state index in [2.05, 4.69) is 48.2 Å². The highest BCUT2D eigenvalue weighted by Gasteiger charge is 2.24. The van der Waals surface area contributed by atoms with Crippen LogP contribution in [-0.4, -0.2) is 21.2 Å². The van der Waals surface area contributed by atoms with Gasteiger partial charge in [0.15, 0.2) is 0 Å². The standard InChI is InChI=1S/C15H26N4/c1-5-13-14(6-2)18-19-15(17-13)16-12-8-10(3)7-11(4)9-12/h10-12H,5-9H2,1-4H3,(H,16,17,19). The van der Waals surface area contributed by atoms with E-state index < -0.39 is 0 Å². The second kappa shape index (κ2) is 6.31. The van der Waals surface area contributed by atoms with Crippen molar-refractivity contribution < 1.29 is 0 Å². The number of rotatable bonds is 4. The van der Waals surface area contributed by atoms with Crippen molar-refractivity contribution in [2.45, 2.75) is 65.8 Å². The van der Waals surface area contributed by atoms with E-state index in [0.29, 0.717) is 12.0 Å². The Morgan fingerprint density at radius 2 is 1.58 bits per heavy atom. The lowest BCUT2D eigenvalue weighted by Crippen LogP contribution is -2.31. The minimum Gasteiger partial charge on any atom is -0.350 e. The predicted molar refractivity (Wildman–Crippen MR) is 78.2 cm³/mol. The summed E-state index contributed by atoms with van der Waals surface area (Å²) in [6.45, 7) is 8.89. The summed E-state index contributed by atoms with van der Waals surface area (Å²) >= 11 is 0. The molecule has 0 aromatic carbocycles. The monoisotopic (exact) mass is 262 g/mol. The summed E-state index contributed by atoms with van der Waals surface area (Å²) in [7, 11) is 0. The molecule has 1 aliphatic rings. The molecule has 2 unspecified atom stereocenters. The van der Waals surface area contributed by atoms with E-state index in [9.17, 15) is 0 Å². The van der Waals surface area contributed by atoms with Crippen LogP contribution >= 0.6 is 0 Å². The van der Waals surface area contributed by atoms with Crippen LogP contribution in [0.1, 0.15) is 58.3 Å². The Hall–Kier alpha value is -1.19. The quantitative estimate of drug-likeness (QED) is 0.905. The topological polar surface area (TPSA) is 50.7 Å². The highest BCUT2D eigenvalue weighted by Crippen LogP contribution is 2.29. The van der Waals surface area contributed by atoms with Crippen LogP contribution in [0.5, 0.6) is 0 Å². The van der Waals surface area contributed by atoms with Crippen LogP contribution in [0.15, 0.2) is 0 Å². The third-order valence-electron chi connectivity index (χ3n) is 4.02. The van der Waals surface area contributed by atoms with Gasteiger partial charge in [-0.2, -0.15) is 5.10 Å². The van der Waals surface area contributed by atoms with Gasteiger partial charge in [0.25, 0.3) is 0 Å². The molecule has 4 nitrogen and oxygen atoms in total. The normalized spacial score (nSPS) is 27.3. The first-order valence-electron chi connectivity index (χ1n) is 7.61. The smallest absolute Gasteiger partial charge is 0.243 e. The third kappa shape index (κ3) is 3.64. The largest absolute Gasteiger partial charge is 0.350 e. The van der Waals surface area contributed by atoms with Crippen molar-refractivity contribution >= 4 is 5.95 Å². The van der Waals surface area contributed by atoms with Crippen molar-refractivity contribution in [1.82, 2.24) is 15.2 Å². The maximum atomic E-state index is 4.62. The third-order valence-corrected chi connectivity index (χ3v) is 4.02. The summed E-state index contributed by atoms with van der Waals surface area (Å²) in [6, 6.07) is 0.498. The molecule has 1 N–H and O–H groups in total. The zero-order valence-electron chi connectivity index (χ0n) is 12.6. The molecule has 0 bridgehead atoms. The summed E-state index contributed by atoms with van der Waals surface area (Å²) in [5, 5.41) is 12.0. The van der Waals surface area contributed by atoms with Crippen molar-refractivity contribution in [1.29, 1.82) is 0 Å². The average Bonchev–Trinajstić information content (AvgIpc) is 2.37. The number of aromatic nitrogens is 3. The summed E-state index contributed by atoms with van der Waals surface area (Å²) in [6.07, 6.45) is 5.59. The summed E-state index contributed by atoms with van der Waals surface area (Å²) in [5.41, 5.74) is 2.11. The van der Waals surface area contributed by atoms with E-state index in [-0.39, 0.29) is 0 Å². The minimum absolute atomic E-state index is 0.498. The van der Waals surface area contributed by atoms with Gasteiger partial charge < -0.3 is 5.32 Å². The number of nitrogens with zero attached hydrogens (tertiary/aromatic N) is 3. The maximum Gasteiger partial charge on any atom is 0.243 e. The fourth-order valence-electron chi connectivity index (χ4n) is 3.25. The van der Waals surface area contributed by atoms with Crippen LogP contribution in [0.2, 0.25) is 0 Å². The first kappa shape index (κ1) is 14.2. The first-order valence-corrected chi connectivity index (χ1v) is 7.61. The van der Waals surface area contributed by atoms with Gasteiger partial charge in [0, 0.05) is 6.04 Å². The van der Waals surface area contributed by atoms with Gasteiger partial charge in [0.05, 0.1) is 11.4 Å². The van der Waals surface area contributed by atoms with Crippen LogP contribution in [-0.2, 0) is 12.8 Å². The highest BCUT2D eigenvalue weighted by atomic mass is 15.2. The molecule has 1 aromatic heterocycles. The Balaban J connectivity index is 2.06. The molecule has 19 heavy (non-hydrogen) atoms. The maximum absolute atomic E-state index is 4.62. The molecule has 0 aliphatic heterocycles. The number of aryl methyl sites for hydroxylation is 2. The van der Waals surface area contributed by atoms with E-state index >= 15 is 0 Å². The van der Waals surface area contributed by atoms with Gasteiger partial charge in [-0.1, -0.05) is 27.7 Å². The Morgan fingerprint density at radius 3 is 2.16 bits per heavy atom. The van der Waals surface area contributed by atoms with Crippen LogP contribution < -0.4 is 5.32 Å². The minimum atomic E-state index is 0.498. The van der Waals surface area contributed by atoms with Crippen molar-refractivity contribution in [3.05, 3.63) is 11.4 Å². The molecule has 0 saturated heterocycles. The van der Waals surface area contributed by atoms with Crippen molar-refractivity contribution in [3.8, 4) is 0 Å². The summed E-state index contributed by atoms with van der Waals surface area (Å²) in [5.74, 6) is 2.28. The summed E-state index contributed by atoms with van der Waals surface area (Å²) < 4.78 is 0. The molecule has 106 valence electrons. The highest BCUT2D eigenvalue weighted by molar-refractivity contribution is 5.27. The van der Waals surface area contributed by atoms with Gasteiger partial charge in [-0.05, 0) is 43.9 Å². The SMILES string of the molecule is CCc1nnc(NC2CC(C)CC(C)C2)nc1CC. The molecule has 0 spiro atoms. The fourth-order valence-corrected chi connectivity index (χ4v) is 3.25. The van der Waals surface area contributed by atoms with Crippen molar-refractivity contribution in [2.75, 3.05) is 5.32 Å². The Labute approximate surface area is 116 Å². The molecular formula is C15H26N4. The van der Waals surface area contributed by atoms with Crippen LogP contribution in [0.3, 0.4) is 0 Å². The number of hydrogen-bond acceptors (Lipinski definition) is 4. The number of nitrogens with one attached hydrogen (secondary N) is 1. The summed E-state index contributed by atoms with van der Waals surface area (Å²) in [4.78, 5) is 4.62. The zero-order chi connectivity index (χ0) is 13.8. The molecule has 0 amide bonds. The molecule has 4 heteroatoms. The Morgan fingerprint density at radius 1 is 0.947 bits per heavy atom. The first-order chi connectivity index (χ1) is 9.12. The van der Waals surface area contributed by atoms with E-state index in [4.69, 9.17) is 0 Å². The molecule has 1 aliphatic carbocycles. The van der Waals surface area contributed by atoms with Gasteiger partial charge in [-0.15, -0.1) is 5.10 Å². The van der Waals surface area contributed by atoms with E-state index in [1.807, 2.05) is 0 Å². The van der Waals surface area contributed by atoms with Gasteiger partial charge in [0.1, 0.15) is 0 Å². The van der Waals surface area contributed by atoms with Crippen LogP contribution in [0, 0.1) is 11.8 Å². The van der Waals surface area contributed by atoms with E-state index in [1.165, 1.54) is 19.3 Å². The second-order valence-electron chi connectivity index (χ2n) is 5.99. The van der Waals surface area contributed by atoms with Crippen LogP contribution in [0.25, 0.3) is 0 Å². The molecule has 1 heterocycles. The second-order valence-corrected chi connectivity index (χ2v) is 5.99. The van der Waals surface area contributed by atoms with Gasteiger partial charge in [-0.3, -0.25) is 0 Å². The lowest BCUT2D eigenvalue weighted by atomic mass is 9.80. The molecule has 1 aromatic rings. The van der Waals surface area contributed by atoms with Gasteiger partial charge in [-0.25, -0.2) is 4.98 Å². The number of anilines is 1. The average molecular weight is 262 g/mol. The van der Waals surface area contributed by atoms with E-state index in [0.717, 1.165) is 36.1 Å². The molecule has 1 saturated carbocycles. The molecule has 0 radical (unpaired) electrons. The number of hydrogen-bond donors (Lipinski definition) is 1. The van der Waals surface area contributed by atoms with E-state index in [1.54, 1.807) is 0 Å². The molecule has 2 atom stereocenters. The zero-order valence-corrected chi connectivity index (χ0v) is 12.6. The van der Waals surface area contributed by atoms with Crippen molar-refractivity contribution in [2.24, 2.45) is 11.8 Å². The predicted octanol–water partition coefficient (Wildman–Crippen LogP) is 3.23. The van der Waals surface area contributed by atoms with Crippen molar-refractivity contribution in [3.63, 3.8) is 0 Å². The van der Waals surface area contributed by atoms with Crippen LogP contribution in [0.4, 0.5) is 5.95 Å². The lowest BCUT2D eigenvalue weighted by molar-refractivity contribution is 0.280. The molecular weight excluding hydrogens is 236 g/mol. The van der Waals surface area contributed by atoms with Gasteiger partial charge in [0.2, 0.25) is 5.95 Å². The molecule has 2 rings (SSSR count). The lowest BCUT2D eigenvalue weighted by Gasteiger charge is -2.31.